The van der Waals surface area contributed by atoms with E-state index in [1.54, 1.807) is 24.3 Å². The second kappa shape index (κ2) is 6.85. The first kappa shape index (κ1) is 15.7. The third-order valence-electron chi connectivity index (χ3n) is 3.45. The summed E-state index contributed by atoms with van der Waals surface area (Å²) in [6, 6.07) is 12.5. The molecule has 2 aromatic carbocycles. The molecule has 0 aromatic heterocycles. The Labute approximate surface area is 127 Å². The number of benzene rings is 2. The van der Waals surface area contributed by atoms with E-state index in [9.17, 15) is 14.1 Å². The normalized spacial score (nSPS) is 10.1. The first-order chi connectivity index (χ1) is 10.6. The van der Waals surface area contributed by atoms with Crippen LogP contribution in [0.2, 0.25) is 0 Å². The van der Waals surface area contributed by atoms with Gasteiger partial charge in [0.25, 0.3) is 5.91 Å². The van der Waals surface area contributed by atoms with E-state index in [0.29, 0.717) is 16.7 Å². The number of halogens is 1. The number of rotatable bonds is 4. The molecule has 2 rings (SSSR count). The van der Waals surface area contributed by atoms with Gasteiger partial charge >= 0.3 is 5.97 Å². The number of carbonyl (C=O) groups is 2. The summed E-state index contributed by atoms with van der Waals surface area (Å²) in [6.45, 7) is 1.84. The Kier molecular flexibility index (Phi) is 4.88. The third-order valence-corrected chi connectivity index (χ3v) is 3.45. The summed E-state index contributed by atoms with van der Waals surface area (Å²) in [6.07, 6.45) is -0.0590. The molecule has 0 aliphatic carbocycles. The van der Waals surface area contributed by atoms with Crippen LogP contribution in [0.5, 0.6) is 0 Å². The fraction of sp³-hybridized carbons (Fsp3) is 0.176. The van der Waals surface area contributed by atoms with Crippen molar-refractivity contribution in [1.29, 1.82) is 0 Å². The van der Waals surface area contributed by atoms with Gasteiger partial charge in [0.15, 0.2) is 0 Å². The molecule has 4 nitrogen and oxygen atoms in total. The molecule has 0 atom stereocenters. The van der Waals surface area contributed by atoms with Crippen LogP contribution in [0.15, 0.2) is 42.5 Å². The second-order valence-electron chi connectivity index (χ2n) is 4.87. The van der Waals surface area contributed by atoms with Crippen LogP contribution >= 0.6 is 0 Å². The van der Waals surface area contributed by atoms with Gasteiger partial charge in [0.2, 0.25) is 0 Å². The molecular formula is C17H16FNO3. The predicted octanol–water partition coefficient (Wildman–Crippen LogP) is 2.99. The highest BCUT2D eigenvalue weighted by Crippen LogP contribution is 2.26. The average molecular weight is 301 g/mol. The summed E-state index contributed by atoms with van der Waals surface area (Å²) >= 11 is 0. The van der Waals surface area contributed by atoms with E-state index in [0.717, 1.165) is 16.7 Å². The lowest BCUT2D eigenvalue weighted by molar-refractivity contribution is -0.124. The molecule has 0 aliphatic rings. The molecule has 0 aliphatic heterocycles. The Bertz CT molecular complexity index is 713. The van der Waals surface area contributed by atoms with E-state index < -0.39 is 11.9 Å². The van der Waals surface area contributed by atoms with Crippen molar-refractivity contribution in [2.45, 2.75) is 13.3 Å². The lowest BCUT2D eigenvalue weighted by Gasteiger charge is -2.11. The van der Waals surface area contributed by atoms with Gasteiger partial charge in [0.05, 0.1) is 19.1 Å². The maximum absolute atomic E-state index is 12.2. The lowest BCUT2D eigenvalue weighted by Crippen LogP contribution is -2.16. The quantitative estimate of drug-likeness (QED) is 0.697. The van der Waals surface area contributed by atoms with E-state index in [2.05, 4.69) is 0 Å². The van der Waals surface area contributed by atoms with Gasteiger partial charge < -0.3 is 4.74 Å². The highest BCUT2D eigenvalue weighted by molar-refractivity contribution is 5.97. The molecule has 2 aromatic rings. The van der Waals surface area contributed by atoms with Gasteiger partial charge in [-0.15, -0.1) is 4.48 Å². The number of amides is 1. The van der Waals surface area contributed by atoms with Crippen molar-refractivity contribution in [3.05, 3.63) is 59.2 Å². The van der Waals surface area contributed by atoms with Crippen molar-refractivity contribution in [2.75, 3.05) is 7.11 Å². The van der Waals surface area contributed by atoms with Crippen LogP contribution in [0.3, 0.4) is 0 Å². The fourth-order valence-corrected chi connectivity index (χ4v) is 2.26. The van der Waals surface area contributed by atoms with Crippen molar-refractivity contribution in [2.24, 2.45) is 0 Å². The van der Waals surface area contributed by atoms with E-state index >= 15 is 0 Å². The van der Waals surface area contributed by atoms with Crippen LogP contribution in [0.1, 0.15) is 21.5 Å². The monoisotopic (exact) mass is 301 g/mol. The van der Waals surface area contributed by atoms with Crippen molar-refractivity contribution in [1.82, 2.24) is 5.54 Å². The van der Waals surface area contributed by atoms with Crippen LogP contribution in [0.25, 0.3) is 11.1 Å². The summed E-state index contributed by atoms with van der Waals surface area (Å²) in [4.78, 5) is 23.1. The number of methoxy groups -OCH3 is 1. The molecule has 0 saturated carbocycles. The SMILES string of the molecule is COC(=O)c1ccccc1-c1ccc(C)c(CC(=O)NF)c1. The van der Waals surface area contributed by atoms with Crippen molar-refractivity contribution < 1.29 is 18.8 Å². The van der Waals surface area contributed by atoms with Gasteiger partial charge in [0.1, 0.15) is 0 Å². The van der Waals surface area contributed by atoms with Gasteiger partial charge in [0, 0.05) is 0 Å². The fourth-order valence-electron chi connectivity index (χ4n) is 2.26. The highest BCUT2D eigenvalue weighted by atomic mass is 19.2. The van der Waals surface area contributed by atoms with Gasteiger partial charge in [-0.1, -0.05) is 36.4 Å². The standard InChI is InChI=1S/C17H16FNO3/c1-11-7-8-12(9-13(11)10-16(20)19-18)14-5-3-4-6-15(14)17(21)22-2/h3-9H,10H2,1-2H3,(H,19,20). The summed E-state index contributed by atoms with van der Waals surface area (Å²) in [5.41, 5.74) is 4.62. The molecule has 1 amide bonds. The largest absolute Gasteiger partial charge is 0.465 e. The molecule has 0 bridgehead atoms. The average Bonchev–Trinajstić information content (AvgIpc) is 2.56. The zero-order valence-corrected chi connectivity index (χ0v) is 12.4. The Hall–Kier alpha value is -2.69. The maximum Gasteiger partial charge on any atom is 0.338 e. The lowest BCUT2D eigenvalue weighted by atomic mass is 9.95. The molecule has 1 N–H and O–H groups in total. The van der Waals surface area contributed by atoms with E-state index in [1.807, 2.05) is 25.1 Å². The van der Waals surface area contributed by atoms with E-state index in [-0.39, 0.29) is 6.42 Å². The second-order valence-corrected chi connectivity index (χ2v) is 4.87. The minimum atomic E-state index is -0.707. The van der Waals surface area contributed by atoms with E-state index in [4.69, 9.17) is 4.74 Å². The Balaban J connectivity index is 2.48. The third kappa shape index (κ3) is 3.31. The van der Waals surface area contributed by atoms with Gasteiger partial charge in [-0.25, -0.2) is 4.79 Å². The Morgan fingerprint density at radius 1 is 1.18 bits per heavy atom. The van der Waals surface area contributed by atoms with Crippen LogP contribution in [0.4, 0.5) is 4.48 Å². The maximum atomic E-state index is 12.2. The topological polar surface area (TPSA) is 55.4 Å². The van der Waals surface area contributed by atoms with Crippen LogP contribution in [0, 0.1) is 6.92 Å². The number of aryl methyl sites for hydroxylation is 1. The van der Waals surface area contributed by atoms with Crippen molar-refractivity contribution in [3.63, 3.8) is 0 Å². The van der Waals surface area contributed by atoms with Gasteiger partial charge in [-0.2, -0.15) is 5.54 Å². The zero-order valence-electron chi connectivity index (χ0n) is 12.4. The number of nitrogens with one attached hydrogen (secondary N) is 1. The number of hydrogen-bond donors (Lipinski definition) is 1. The number of hydrogen-bond acceptors (Lipinski definition) is 3. The molecule has 0 radical (unpaired) electrons. The van der Waals surface area contributed by atoms with Crippen molar-refractivity contribution >= 4 is 11.9 Å². The minimum Gasteiger partial charge on any atom is -0.465 e. The Morgan fingerprint density at radius 2 is 1.91 bits per heavy atom. The number of carbonyl (C=O) groups excluding carboxylic acids is 2. The number of esters is 1. The molecule has 114 valence electrons. The molecule has 0 spiro atoms. The summed E-state index contributed by atoms with van der Waals surface area (Å²) in [5, 5.41) is 0. The van der Waals surface area contributed by atoms with Crippen LogP contribution in [-0.4, -0.2) is 19.0 Å². The molecule has 0 saturated heterocycles. The van der Waals surface area contributed by atoms with Gasteiger partial charge in [-0.05, 0) is 35.2 Å². The first-order valence-corrected chi connectivity index (χ1v) is 6.73. The molecule has 5 heteroatoms. The van der Waals surface area contributed by atoms with Gasteiger partial charge in [-0.3, -0.25) is 4.79 Å². The highest BCUT2D eigenvalue weighted by Gasteiger charge is 2.14. The molecule has 0 heterocycles. The molecule has 0 unspecified atom stereocenters. The van der Waals surface area contributed by atoms with Crippen LogP contribution in [-0.2, 0) is 16.0 Å². The Morgan fingerprint density at radius 3 is 2.59 bits per heavy atom. The predicted molar refractivity (Wildman–Crippen MR) is 80.9 cm³/mol. The molecular weight excluding hydrogens is 285 g/mol. The summed E-state index contributed by atoms with van der Waals surface area (Å²) < 4.78 is 17.0. The number of ether oxygens (including phenoxy) is 1. The van der Waals surface area contributed by atoms with Crippen LogP contribution < -0.4 is 5.54 Å². The van der Waals surface area contributed by atoms with Crippen molar-refractivity contribution in [3.8, 4) is 11.1 Å². The first-order valence-electron chi connectivity index (χ1n) is 6.73. The zero-order chi connectivity index (χ0) is 16.1. The molecule has 0 fully saturated rings. The molecule has 22 heavy (non-hydrogen) atoms. The minimum absolute atomic E-state index is 0.0590. The van der Waals surface area contributed by atoms with E-state index in [1.165, 1.54) is 7.11 Å². The summed E-state index contributed by atoms with van der Waals surface area (Å²) in [5.74, 6) is -1.14. The summed E-state index contributed by atoms with van der Waals surface area (Å²) in [7, 11) is 1.32. The smallest absolute Gasteiger partial charge is 0.338 e.